The van der Waals surface area contributed by atoms with Gasteiger partial charge in [0.15, 0.2) is 0 Å². The number of halogens is 1. The van der Waals surface area contributed by atoms with E-state index in [1.807, 2.05) is 0 Å². The Morgan fingerprint density at radius 1 is 1.25 bits per heavy atom. The van der Waals surface area contributed by atoms with Crippen LogP contribution in [0.4, 0.5) is 0 Å². The van der Waals surface area contributed by atoms with E-state index < -0.39 is 0 Å². The Kier molecular flexibility index (Phi) is 8.04. The average Bonchev–Trinajstić information content (AvgIpc) is 2.01. The van der Waals surface area contributed by atoms with Crippen LogP contribution >= 0.6 is 11.6 Å². The van der Waals surface area contributed by atoms with Gasteiger partial charge in [-0.1, -0.05) is 19.8 Å². The topological polar surface area (TPSA) is 3.24 Å². The molecule has 0 saturated heterocycles. The number of unbranched alkanes of at least 4 members (excludes halogenated alkanes) is 2. The maximum atomic E-state index is 5.86. The van der Waals surface area contributed by atoms with Gasteiger partial charge in [-0.2, -0.15) is 0 Å². The first-order valence-corrected chi connectivity index (χ1v) is 5.43. The van der Waals surface area contributed by atoms with E-state index in [2.05, 4.69) is 25.8 Å². The van der Waals surface area contributed by atoms with Crippen LogP contribution in [-0.2, 0) is 0 Å². The maximum absolute atomic E-state index is 5.86. The molecule has 0 saturated carbocycles. The molecule has 0 aromatic carbocycles. The predicted octanol–water partition coefficient (Wildman–Crippen LogP) is 3.13. The van der Waals surface area contributed by atoms with Gasteiger partial charge in [0.2, 0.25) is 0 Å². The van der Waals surface area contributed by atoms with Gasteiger partial charge in [0.1, 0.15) is 0 Å². The molecule has 1 unspecified atom stereocenters. The Balaban J connectivity index is 3.15. The van der Waals surface area contributed by atoms with Gasteiger partial charge in [-0.15, -0.1) is 11.6 Å². The van der Waals surface area contributed by atoms with Crippen LogP contribution in [0.5, 0.6) is 0 Å². The molecule has 0 aromatic heterocycles. The summed E-state index contributed by atoms with van der Waals surface area (Å²) in [5.41, 5.74) is 0. The second-order valence-corrected chi connectivity index (χ2v) is 4.32. The third-order valence-electron chi connectivity index (χ3n) is 2.05. The third-order valence-corrected chi connectivity index (χ3v) is 2.27. The van der Waals surface area contributed by atoms with Crippen LogP contribution in [0.25, 0.3) is 0 Å². The lowest BCUT2D eigenvalue weighted by molar-refractivity contribution is 0.320. The number of hydrogen-bond donors (Lipinski definition) is 0. The van der Waals surface area contributed by atoms with E-state index in [-0.39, 0.29) is 0 Å². The van der Waals surface area contributed by atoms with E-state index in [4.69, 9.17) is 11.6 Å². The summed E-state index contributed by atoms with van der Waals surface area (Å²) in [6.07, 6.45) is 5.08. The van der Waals surface area contributed by atoms with Crippen LogP contribution in [0.3, 0.4) is 0 Å². The molecule has 12 heavy (non-hydrogen) atoms. The molecule has 2 heteroatoms. The summed E-state index contributed by atoms with van der Waals surface area (Å²) in [5.74, 6) is 0. The van der Waals surface area contributed by atoms with Gasteiger partial charge in [0, 0.05) is 5.38 Å². The van der Waals surface area contributed by atoms with Crippen molar-refractivity contribution in [3.8, 4) is 0 Å². The second kappa shape index (κ2) is 7.88. The molecule has 0 aliphatic carbocycles. The van der Waals surface area contributed by atoms with Gasteiger partial charge < -0.3 is 4.90 Å². The Bertz CT molecular complexity index is 93.8. The molecule has 0 heterocycles. The maximum Gasteiger partial charge on any atom is 0.0320 e. The molecular weight excluding hydrogens is 170 g/mol. The summed E-state index contributed by atoms with van der Waals surface area (Å²) in [7, 11) is 2.18. The van der Waals surface area contributed by atoms with Crippen molar-refractivity contribution in [3.05, 3.63) is 0 Å². The smallest absolute Gasteiger partial charge is 0.0320 e. The minimum Gasteiger partial charge on any atom is -0.306 e. The molecule has 0 aromatic rings. The summed E-state index contributed by atoms with van der Waals surface area (Å²) < 4.78 is 0. The summed E-state index contributed by atoms with van der Waals surface area (Å²) >= 11 is 5.86. The second-order valence-electron chi connectivity index (χ2n) is 3.58. The number of hydrogen-bond acceptors (Lipinski definition) is 1. The van der Waals surface area contributed by atoms with E-state index in [0.717, 1.165) is 13.0 Å². The fraction of sp³-hybridized carbons (Fsp3) is 1.00. The van der Waals surface area contributed by atoms with Crippen molar-refractivity contribution in [2.24, 2.45) is 0 Å². The Hall–Kier alpha value is 0.250. The molecule has 0 N–H and O–H groups in total. The third kappa shape index (κ3) is 8.35. The molecule has 0 aliphatic rings. The highest BCUT2D eigenvalue weighted by atomic mass is 35.5. The molecule has 0 rings (SSSR count). The van der Waals surface area contributed by atoms with Crippen LogP contribution in [0.15, 0.2) is 0 Å². The zero-order chi connectivity index (χ0) is 9.40. The van der Waals surface area contributed by atoms with Gasteiger partial charge in [-0.25, -0.2) is 0 Å². The standard InChI is InChI=1S/C10H22ClN/c1-4-5-6-8-12(3)9-7-10(2)11/h10H,4-9H2,1-3H3. The Labute approximate surface area is 82.1 Å². The van der Waals surface area contributed by atoms with Crippen molar-refractivity contribution in [1.82, 2.24) is 4.90 Å². The Morgan fingerprint density at radius 2 is 1.92 bits per heavy atom. The monoisotopic (exact) mass is 191 g/mol. The van der Waals surface area contributed by atoms with Gasteiger partial charge in [-0.3, -0.25) is 0 Å². The zero-order valence-electron chi connectivity index (χ0n) is 8.65. The predicted molar refractivity (Wildman–Crippen MR) is 57.0 cm³/mol. The molecule has 0 amide bonds. The first-order valence-electron chi connectivity index (χ1n) is 4.99. The fourth-order valence-electron chi connectivity index (χ4n) is 1.14. The zero-order valence-corrected chi connectivity index (χ0v) is 9.40. The van der Waals surface area contributed by atoms with Gasteiger partial charge in [0.25, 0.3) is 0 Å². The SMILES string of the molecule is CCCCCN(C)CCC(C)Cl. The van der Waals surface area contributed by atoms with E-state index in [9.17, 15) is 0 Å². The normalized spacial score (nSPS) is 13.8. The summed E-state index contributed by atoms with van der Waals surface area (Å²) in [6.45, 7) is 6.65. The molecule has 0 bridgehead atoms. The lowest BCUT2D eigenvalue weighted by Crippen LogP contribution is -2.22. The summed E-state index contributed by atoms with van der Waals surface area (Å²) in [4.78, 5) is 2.37. The van der Waals surface area contributed by atoms with Crippen molar-refractivity contribution in [2.45, 2.75) is 44.9 Å². The van der Waals surface area contributed by atoms with Gasteiger partial charge >= 0.3 is 0 Å². The van der Waals surface area contributed by atoms with E-state index in [0.29, 0.717) is 5.38 Å². The molecule has 74 valence electrons. The minimum atomic E-state index is 0.318. The van der Waals surface area contributed by atoms with Crippen LogP contribution < -0.4 is 0 Å². The Morgan fingerprint density at radius 3 is 2.42 bits per heavy atom. The fourth-order valence-corrected chi connectivity index (χ4v) is 1.24. The molecule has 0 fully saturated rings. The molecular formula is C10H22ClN. The molecule has 1 nitrogen and oxygen atoms in total. The van der Waals surface area contributed by atoms with Crippen molar-refractivity contribution in [1.29, 1.82) is 0 Å². The number of alkyl halides is 1. The van der Waals surface area contributed by atoms with Crippen molar-refractivity contribution in [2.75, 3.05) is 20.1 Å². The van der Waals surface area contributed by atoms with Gasteiger partial charge in [-0.05, 0) is 39.9 Å². The average molecular weight is 192 g/mol. The molecule has 1 atom stereocenters. The first kappa shape index (κ1) is 12.2. The quantitative estimate of drug-likeness (QED) is 0.442. The lowest BCUT2D eigenvalue weighted by Gasteiger charge is -2.16. The van der Waals surface area contributed by atoms with Crippen molar-refractivity contribution in [3.63, 3.8) is 0 Å². The highest BCUT2D eigenvalue weighted by molar-refractivity contribution is 6.20. The summed E-state index contributed by atoms with van der Waals surface area (Å²) in [5, 5.41) is 0.318. The van der Waals surface area contributed by atoms with Crippen LogP contribution in [0, 0.1) is 0 Å². The highest BCUT2D eigenvalue weighted by Crippen LogP contribution is 2.02. The minimum absolute atomic E-state index is 0.318. The van der Waals surface area contributed by atoms with E-state index in [1.54, 1.807) is 0 Å². The number of rotatable bonds is 7. The van der Waals surface area contributed by atoms with Crippen LogP contribution in [-0.4, -0.2) is 30.4 Å². The lowest BCUT2D eigenvalue weighted by atomic mass is 10.2. The van der Waals surface area contributed by atoms with Crippen LogP contribution in [0.2, 0.25) is 0 Å². The largest absolute Gasteiger partial charge is 0.306 e. The van der Waals surface area contributed by atoms with Crippen LogP contribution in [0.1, 0.15) is 39.5 Å². The van der Waals surface area contributed by atoms with E-state index in [1.165, 1.54) is 25.8 Å². The first-order chi connectivity index (χ1) is 5.66. The van der Waals surface area contributed by atoms with Crippen molar-refractivity contribution < 1.29 is 0 Å². The molecule has 0 aliphatic heterocycles. The van der Waals surface area contributed by atoms with Crippen molar-refractivity contribution >= 4 is 11.6 Å². The van der Waals surface area contributed by atoms with E-state index >= 15 is 0 Å². The molecule has 0 spiro atoms. The number of nitrogens with zero attached hydrogens (tertiary/aromatic N) is 1. The molecule has 0 radical (unpaired) electrons. The van der Waals surface area contributed by atoms with Gasteiger partial charge in [0.05, 0.1) is 0 Å². The highest BCUT2D eigenvalue weighted by Gasteiger charge is 2.00. The summed E-state index contributed by atoms with van der Waals surface area (Å²) in [6, 6.07) is 0.